The smallest absolute Gasteiger partial charge is 0.221 e. The highest BCUT2D eigenvalue weighted by atomic mass is 16.3. The molecule has 0 aromatic rings. The Hall–Kier alpha value is -0.610. The fourth-order valence-corrected chi connectivity index (χ4v) is 9.19. The van der Waals surface area contributed by atoms with E-state index in [-0.39, 0.29) is 12.6 Å². The van der Waals surface area contributed by atoms with E-state index in [0.29, 0.717) is 23.9 Å². The van der Waals surface area contributed by atoms with Gasteiger partial charge in [0.25, 0.3) is 0 Å². The molecule has 4 nitrogen and oxygen atoms in total. The van der Waals surface area contributed by atoms with Gasteiger partial charge in [0.05, 0.1) is 0 Å². The van der Waals surface area contributed by atoms with Gasteiger partial charge < -0.3 is 15.5 Å². The van der Waals surface area contributed by atoms with Crippen LogP contribution >= 0.6 is 0 Å². The second-order valence-electron chi connectivity index (χ2n) is 11.7. The second kappa shape index (κ2) is 16.4. The first-order valence-electron chi connectivity index (χ1n) is 15.9. The molecular weight excluding hydrogens is 446 g/mol. The molecule has 0 bridgehead atoms. The Morgan fingerprint density at radius 2 is 1.50 bits per heavy atom. The van der Waals surface area contributed by atoms with Gasteiger partial charge in [-0.15, -0.1) is 0 Å². The Morgan fingerprint density at radius 1 is 0.833 bits per heavy atom. The number of amides is 1. The Bertz CT molecular complexity index is 610. The zero-order chi connectivity index (χ0) is 27.4. The summed E-state index contributed by atoms with van der Waals surface area (Å²) in [5.74, 6) is 4.79. The molecule has 4 rings (SSSR count). The normalized spacial score (nSPS) is 38.3. The molecule has 4 aliphatic carbocycles. The molecule has 0 spiro atoms. The summed E-state index contributed by atoms with van der Waals surface area (Å²) in [4.78, 5) is 11.8. The first kappa shape index (κ1) is 33.4. The second-order valence-corrected chi connectivity index (χ2v) is 11.7. The molecule has 4 saturated carbocycles. The molecule has 0 saturated heterocycles. The van der Waals surface area contributed by atoms with E-state index in [1.54, 1.807) is 0 Å². The first-order valence-corrected chi connectivity index (χ1v) is 15.9. The summed E-state index contributed by atoms with van der Waals surface area (Å²) in [7, 11) is 0. The van der Waals surface area contributed by atoms with Crippen molar-refractivity contribution in [2.75, 3.05) is 13.3 Å². The number of fused-ring (bicyclic) bond motifs is 5. The molecule has 3 N–H and O–H groups in total. The van der Waals surface area contributed by atoms with E-state index in [0.717, 1.165) is 54.8 Å². The van der Waals surface area contributed by atoms with E-state index in [1.807, 2.05) is 41.5 Å². The van der Waals surface area contributed by atoms with Crippen molar-refractivity contribution in [3.63, 3.8) is 0 Å². The number of carbonyl (C=O) groups excluding carboxylic acids is 1. The van der Waals surface area contributed by atoms with Crippen LogP contribution in [0.1, 0.15) is 139 Å². The van der Waals surface area contributed by atoms with E-state index in [1.165, 1.54) is 57.8 Å². The van der Waals surface area contributed by atoms with Crippen LogP contribution in [0.4, 0.5) is 0 Å². The van der Waals surface area contributed by atoms with Gasteiger partial charge in [0.15, 0.2) is 0 Å². The number of aliphatic hydroxyl groups excluding tert-OH is 2. The summed E-state index contributed by atoms with van der Waals surface area (Å²) in [5, 5.41) is 21.3. The molecule has 0 aromatic carbocycles. The summed E-state index contributed by atoms with van der Waals surface area (Å²) in [6.45, 7) is 17.3. The molecule has 1 amide bonds. The van der Waals surface area contributed by atoms with E-state index < -0.39 is 0 Å². The SMILES string of the molecule is CC.CC.CC.C[C@]12CCC3[C@@H](C(CCO)C[C@@H]4CCCC[C@]34C)C1CC[C@@H]2CCCC(=O)NCO. The first-order chi connectivity index (χ1) is 17.4. The van der Waals surface area contributed by atoms with Crippen LogP contribution in [0, 0.1) is 46.3 Å². The number of carbonyl (C=O) groups is 1. The average molecular weight is 510 g/mol. The fourth-order valence-electron chi connectivity index (χ4n) is 9.19. The van der Waals surface area contributed by atoms with Gasteiger partial charge in [-0.3, -0.25) is 4.79 Å². The topological polar surface area (TPSA) is 69.6 Å². The van der Waals surface area contributed by atoms with Crippen LogP contribution in [0.3, 0.4) is 0 Å². The Labute approximate surface area is 224 Å². The molecule has 4 aliphatic rings. The van der Waals surface area contributed by atoms with E-state index in [4.69, 9.17) is 5.11 Å². The third-order valence-corrected chi connectivity index (χ3v) is 10.7. The van der Waals surface area contributed by atoms with Crippen LogP contribution in [0.5, 0.6) is 0 Å². The van der Waals surface area contributed by atoms with Crippen LogP contribution in [-0.2, 0) is 4.79 Å². The largest absolute Gasteiger partial charge is 0.396 e. The van der Waals surface area contributed by atoms with Crippen molar-refractivity contribution in [3.8, 4) is 0 Å². The highest BCUT2D eigenvalue weighted by molar-refractivity contribution is 5.75. The Morgan fingerprint density at radius 3 is 2.14 bits per heavy atom. The number of rotatable bonds is 7. The average Bonchev–Trinajstić information content (AvgIpc) is 3.24. The molecular formula is C32H63NO3. The van der Waals surface area contributed by atoms with Crippen LogP contribution in [0.2, 0.25) is 0 Å². The summed E-state index contributed by atoms with van der Waals surface area (Å²) < 4.78 is 0. The van der Waals surface area contributed by atoms with Gasteiger partial charge in [-0.25, -0.2) is 0 Å². The van der Waals surface area contributed by atoms with Crippen molar-refractivity contribution in [2.45, 2.75) is 139 Å². The van der Waals surface area contributed by atoms with Crippen LogP contribution in [-0.4, -0.2) is 29.5 Å². The highest BCUT2D eigenvalue weighted by Crippen LogP contribution is 2.69. The van der Waals surface area contributed by atoms with Gasteiger partial charge in [0.2, 0.25) is 5.91 Å². The van der Waals surface area contributed by atoms with E-state index >= 15 is 0 Å². The van der Waals surface area contributed by atoms with Crippen LogP contribution in [0.15, 0.2) is 0 Å². The summed E-state index contributed by atoms with van der Waals surface area (Å²) >= 11 is 0. The number of hydrogen-bond donors (Lipinski definition) is 3. The summed E-state index contributed by atoms with van der Waals surface area (Å²) in [6.07, 6.45) is 16.1. The Balaban J connectivity index is 0.00000101. The molecule has 214 valence electrons. The maximum Gasteiger partial charge on any atom is 0.221 e. The van der Waals surface area contributed by atoms with Gasteiger partial charge in [-0.2, -0.15) is 0 Å². The third kappa shape index (κ3) is 7.07. The zero-order valence-corrected chi connectivity index (χ0v) is 25.4. The molecule has 8 atom stereocenters. The van der Waals surface area contributed by atoms with Crippen molar-refractivity contribution < 1.29 is 15.0 Å². The van der Waals surface area contributed by atoms with Gasteiger partial charge in [0, 0.05) is 13.0 Å². The molecule has 0 heterocycles. The van der Waals surface area contributed by atoms with Gasteiger partial charge in [-0.1, -0.05) is 68.2 Å². The van der Waals surface area contributed by atoms with Crippen LogP contribution < -0.4 is 5.32 Å². The zero-order valence-electron chi connectivity index (χ0n) is 25.4. The molecule has 0 radical (unpaired) electrons. The molecule has 36 heavy (non-hydrogen) atoms. The number of aliphatic hydroxyl groups is 2. The quantitative estimate of drug-likeness (QED) is 0.305. The maximum atomic E-state index is 11.8. The molecule has 0 aliphatic heterocycles. The molecule has 0 aromatic heterocycles. The van der Waals surface area contributed by atoms with Crippen LogP contribution in [0.25, 0.3) is 0 Å². The summed E-state index contributed by atoms with van der Waals surface area (Å²) in [5.41, 5.74) is 0.955. The predicted octanol–water partition coefficient (Wildman–Crippen LogP) is 7.96. The lowest BCUT2D eigenvalue weighted by Gasteiger charge is -2.63. The maximum absolute atomic E-state index is 11.8. The molecule has 4 fully saturated rings. The van der Waals surface area contributed by atoms with Gasteiger partial charge >= 0.3 is 0 Å². The monoisotopic (exact) mass is 509 g/mol. The molecule has 3 unspecified atom stereocenters. The van der Waals surface area contributed by atoms with Crippen molar-refractivity contribution in [3.05, 3.63) is 0 Å². The lowest BCUT2D eigenvalue weighted by Crippen LogP contribution is -2.56. The molecule has 4 heteroatoms. The van der Waals surface area contributed by atoms with Crippen molar-refractivity contribution >= 4 is 5.91 Å². The van der Waals surface area contributed by atoms with E-state index in [9.17, 15) is 9.90 Å². The Kier molecular flexibility index (Phi) is 15.2. The van der Waals surface area contributed by atoms with Crippen molar-refractivity contribution in [1.29, 1.82) is 0 Å². The standard InChI is InChI=1S/C26H45NO3.3C2H6/c1-25-13-4-3-6-20(25)16-18(12-15-28)24-21-10-9-19(7-5-8-23(30)27-17-29)26(21,2)14-11-22(24)25;3*1-2/h18-22,24,28-29H,3-17H2,1-2H3,(H,27,30);3*1-2H3/t18?,19-,20-,21?,22?,24-,25-,26+;;;/m0.../s1. The minimum Gasteiger partial charge on any atom is -0.396 e. The lowest BCUT2D eigenvalue weighted by molar-refractivity contribution is -0.141. The predicted molar refractivity (Wildman–Crippen MR) is 154 cm³/mol. The fraction of sp³-hybridized carbons (Fsp3) is 0.969. The summed E-state index contributed by atoms with van der Waals surface area (Å²) in [6, 6.07) is 0. The van der Waals surface area contributed by atoms with Gasteiger partial charge in [0.1, 0.15) is 6.73 Å². The van der Waals surface area contributed by atoms with Crippen molar-refractivity contribution in [1.82, 2.24) is 5.32 Å². The third-order valence-electron chi connectivity index (χ3n) is 10.7. The minimum absolute atomic E-state index is 0.0209. The van der Waals surface area contributed by atoms with E-state index in [2.05, 4.69) is 19.2 Å². The highest BCUT2D eigenvalue weighted by Gasteiger charge is 2.61. The lowest BCUT2D eigenvalue weighted by atomic mass is 9.42. The minimum atomic E-state index is -0.253. The van der Waals surface area contributed by atoms with Gasteiger partial charge in [-0.05, 0) is 111 Å². The number of nitrogens with one attached hydrogen (secondary N) is 1. The van der Waals surface area contributed by atoms with Crippen molar-refractivity contribution in [2.24, 2.45) is 46.3 Å². The number of hydrogen-bond acceptors (Lipinski definition) is 3.